The van der Waals surface area contributed by atoms with E-state index in [9.17, 15) is 18.3 Å². The van der Waals surface area contributed by atoms with E-state index < -0.39 is 18.8 Å². The third kappa shape index (κ3) is 7.90. The van der Waals surface area contributed by atoms with Gasteiger partial charge in [-0.3, -0.25) is 4.90 Å². The van der Waals surface area contributed by atoms with Crippen LogP contribution in [0.4, 0.5) is 13.2 Å². The first kappa shape index (κ1) is 15.7. The standard InChI is InChI=1S/C10H21F3N2O/c1-8(2)9(16)6-15(5-4-14-3)7-10(11,12)13/h8-9,14,16H,4-7H2,1-3H3. The molecule has 3 nitrogen and oxygen atoms in total. The second kappa shape index (κ2) is 7.09. The molecule has 2 N–H and O–H groups in total. The molecular weight excluding hydrogens is 221 g/mol. The van der Waals surface area contributed by atoms with Crippen LogP contribution in [0.1, 0.15) is 13.8 Å². The summed E-state index contributed by atoms with van der Waals surface area (Å²) in [5.41, 5.74) is 0. The topological polar surface area (TPSA) is 35.5 Å². The van der Waals surface area contributed by atoms with Crippen molar-refractivity contribution in [1.82, 2.24) is 10.2 Å². The third-order valence-corrected chi connectivity index (χ3v) is 2.30. The van der Waals surface area contributed by atoms with Crippen LogP contribution in [0.3, 0.4) is 0 Å². The van der Waals surface area contributed by atoms with E-state index in [2.05, 4.69) is 5.32 Å². The minimum Gasteiger partial charge on any atom is -0.392 e. The summed E-state index contributed by atoms with van der Waals surface area (Å²) in [6, 6.07) is 0. The van der Waals surface area contributed by atoms with Crippen molar-refractivity contribution in [3.63, 3.8) is 0 Å². The van der Waals surface area contributed by atoms with Gasteiger partial charge < -0.3 is 10.4 Å². The molecule has 1 atom stereocenters. The summed E-state index contributed by atoms with van der Waals surface area (Å²) < 4.78 is 36.7. The molecule has 0 aliphatic rings. The van der Waals surface area contributed by atoms with Crippen LogP contribution in [0.15, 0.2) is 0 Å². The number of likely N-dealkylation sites (N-methyl/N-ethyl adjacent to an activating group) is 1. The molecule has 0 aliphatic heterocycles. The molecule has 0 rings (SSSR count). The van der Waals surface area contributed by atoms with Crippen LogP contribution in [0.5, 0.6) is 0 Å². The fourth-order valence-electron chi connectivity index (χ4n) is 1.23. The van der Waals surface area contributed by atoms with Crippen molar-refractivity contribution in [3.05, 3.63) is 0 Å². The number of rotatable bonds is 7. The molecule has 16 heavy (non-hydrogen) atoms. The summed E-state index contributed by atoms with van der Waals surface area (Å²) in [6.07, 6.45) is -4.94. The van der Waals surface area contributed by atoms with Crippen LogP contribution in [-0.4, -0.2) is 55.5 Å². The molecule has 0 aliphatic carbocycles. The summed E-state index contributed by atoms with van der Waals surface area (Å²) in [5, 5.41) is 12.4. The summed E-state index contributed by atoms with van der Waals surface area (Å²) in [7, 11) is 1.69. The minimum absolute atomic E-state index is 0.0367. The van der Waals surface area contributed by atoms with Gasteiger partial charge >= 0.3 is 6.18 Å². The smallest absolute Gasteiger partial charge is 0.392 e. The lowest BCUT2D eigenvalue weighted by Gasteiger charge is -2.27. The van der Waals surface area contributed by atoms with Crippen molar-refractivity contribution in [1.29, 1.82) is 0 Å². The molecule has 0 radical (unpaired) electrons. The Kier molecular flexibility index (Phi) is 6.94. The zero-order chi connectivity index (χ0) is 12.8. The molecule has 0 heterocycles. The number of nitrogens with one attached hydrogen (secondary N) is 1. The summed E-state index contributed by atoms with van der Waals surface area (Å²) >= 11 is 0. The van der Waals surface area contributed by atoms with E-state index in [1.165, 1.54) is 4.90 Å². The van der Waals surface area contributed by atoms with E-state index in [0.717, 1.165) is 0 Å². The molecule has 0 aromatic rings. The maximum atomic E-state index is 12.2. The first-order valence-corrected chi connectivity index (χ1v) is 5.38. The molecule has 0 aromatic heterocycles. The van der Waals surface area contributed by atoms with Gasteiger partial charge in [-0.15, -0.1) is 0 Å². The molecule has 0 saturated heterocycles. The van der Waals surface area contributed by atoms with E-state index in [0.29, 0.717) is 6.54 Å². The average molecular weight is 242 g/mol. The quantitative estimate of drug-likeness (QED) is 0.701. The molecular formula is C10H21F3N2O. The lowest BCUT2D eigenvalue weighted by Crippen LogP contribution is -2.43. The highest BCUT2D eigenvalue weighted by Gasteiger charge is 2.31. The Balaban J connectivity index is 4.20. The second-order valence-corrected chi connectivity index (χ2v) is 4.27. The van der Waals surface area contributed by atoms with Gasteiger partial charge in [0, 0.05) is 19.6 Å². The molecule has 0 amide bonds. The second-order valence-electron chi connectivity index (χ2n) is 4.27. The molecule has 1 unspecified atom stereocenters. The molecule has 6 heteroatoms. The highest BCUT2D eigenvalue weighted by Crippen LogP contribution is 2.17. The maximum absolute atomic E-state index is 12.2. The van der Waals surface area contributed by atoms with Crippen molar-refractivity contribution in [2.24, 2.45) is 5.92 Å². The van der Waals surface area contributed by atoms with E-state index >= 15 is 0 Å². The molecule has 0 aromatic carbocycles. The minimum atomic E-state index is -4.22. The number of nitrogens with zero attached hydrogens (tertiary/aromatic N) is 1. The molecule has 0 bridgehead atoms. The highest BCUT2D eigenvalue weighted by atomic mass is 19.4. The number of hydrogen-bond donors (Lipinski definition) is 2. The van der Waals surface area contributed by atoms with Gasteiger partial charge in [-0.05, 0) is 13.0 Å². The molecule has 98 valence electrons. The maximum Gasteiger partial charge on any atom is 0.401 e. The van der Waals surface area contributed by atoms with Gasteiger partial charge in [0.1, 0.15) is 0 Å². The largest absolute Gasteiger partial charge is 0.401 e. The lowest BCUT2D eigenvalue weighted by molar-refractivity contribution is -0.149. The van der Waals surface area contributed by atoms with Crippen LogP contribution < -0.4 is 5.32 Å². The molecule has 0 saturated carbocycles. The first-order chi connectivity index (χ1) is 7.26. The van der Waals surface area contributed by atoms with Crippen molar-refractivity contribution >= 4 is 0 Å². The average Bonchev–Trinajstić information content (AvgIpc) is 2.11. The lowest BCUT2D eigenvalue weighted by atomic mass is 10.1. The van der Waals surface area contributed by atoms with Gasteiger partial charge in [0.25, 0.3) is 0 Å². The monoisotopic (exact) mass is 242 g/mol. The van der Waals surface area contributed by atoms with Gasteiger partial charge in [-0.1, -0.05) is 13.8 Å². The fourth-order valence-corrected chi connectivity index (χ4v) is 1.23. The van der Waals surface area contributed by atoms with Crippen LogP contribution >= 0.6 is 0 Å². The van der Waals surface area contributed by atoms with E-state index in [-0.39, 0.29) is 19.0 Å². The Bertz CT molecular complexity index is 185. The number of halogens is 3. The van der Waals surface area contributed by atoms with Crippen LogP contribution in [0.25, 0.3) is 0 Å². The van der Waals surface area contributed by atoms with Crippen molar-refractivity contribution in [2.75, 3.05) is 33.2 Å². The fraction of sp³-hybridized carbons (Fsp3) is 1.00. The van der Waals surface area contributed by atoms with Gasteiger partial charge in [0.05, 0.1) is 12.6 Å². The van der Waals surface area contributed by atoms with Gasteiger partial charge in [0.2, 0.25) is 0 Å². The Morgan fingerprint density at radius 2 is 1.88 bits per heavy atom. The van der Waals surface area contributed by atoms with Crippen LogP contribution in [-0.2, 0) is 0 Å². The summed E-state index contributed by atoms with van der Waals surface area (Å²) in [5.74, 6) is -0.0367. The van der Waals surface area contributed by atoms with Gasteiger partial charge in [0.15, 0.2) is 0 Å². The molecule has 0 spiro atoms. The molecule has 0 fully saturated rings. The summed E-state index contributed by atoms with van der Waals surface area (Å²) in [6.45, 7) is 3.40. The number of aliphatic hydroxyl groups excluding tert-OH is 1. The first-order valence-electron chi connectivity index (χ1n) is 5.38. The Morgan fingerprint density at radius 1 is 1.31 bits per heavy atom. The van der Waals surface area contributed by atoms with Crippen molar-refractivity contribution < 1.29 is 18.3 Å². The normalized spacial score (nSPS) is 14.8. The SMILES string of the molecule is CNCCN(CC(O)C(C)C)CC(F)(F)F. The van der Waals surface area contributed by atoms with E-state index in [4.69, 9.17) is 0 Å². The zero-order valence-electron chi connectivity index (χ0n) is 10.0. The van der Waals surface area contributed by atoms with E-state index in [1.54, 1.807) is 20.9 Å². The number of aliphatic hydroxyl groups is 1. The van der Waals surface area contributed by atoms with E-state index in [1.807, 2.05) is 0 Å². The zero-order valence-corrected chi connectivity index (χ0v) is 10.0. The summed E-state index contributed by atoms with van der Waals surface area (Å²) in [4.78, 5) is 1.22. The van der Waals surface area contributed by atoms with Gasteiger partial charge in [-0.2, -0.15) is 13.2 Å². The van der Waals surface area contributed by atoms with Crippen molar-refractivity contribution in [3.8, 4) is 0 Å². The third-order valence-electron chi connectivity index (χ3n) is 2.30. The Labute approximate surface area is 94.6 Å². The highest BCUT2D eigenvalue weighted by molar-refractivity contribution is 4.70. The van der Waals surface area contributed by atoms with Crippen LogP contribution in [0, 0.1) is 5.92 Å². The van der Waals surface area contributed by atoms with Crippen LogP contribution in [0.2, 0.25) is 0 Å². The predicted octanol–water partition coefficient (Wildman–Crippen LogP) is 1.09. The predicted molar refractivity (Wildman–Crippen MR) is 57.3 cm³/mol. The Hall–Kier alpha value is -0.330. The van der Waals surface area contributed by atoms with Crippen molar-refractivity contribution in [2.45, 2.75) is 26.1 Å². The number of alkyl halides is 3. The van der Waals surface area contributed by atoms with Gasteiger partial charge in [-0.25, -0.2) is 0 Å². The number of hydrogen-bond acceptors (Lipinski definition) is 3. The Morgan fingerprint density at radius 3 is 2.25 bits per heavy atom.